The molecule has 0 saturated carbocycles. The Kier molecular flexibility index (Phi) is 9.17. The van der Waals surface area contributed by atoms with Gasteiger partial charge in [0.05, 0.1) is 0 Å². The van der Waals surface area contributed by atoms with Crippen LogP contribution in [0, 0.1) is 11.8 Å². The van der Waals surface area contributed by atoms with Crippen LogP contribution in [-0.2, 0) is 0 Å². The lowest BCUT2D eigenvalue weighted by Crippen LogP contribution is -2.34. The molecule has 0 heterocycles. The van der Waals surface area contributed by atoms with Crippen molar-refractivity contribution in [2.75, 3.05) is 13.6 Å². The molecule has 19 heavy (non-hydrogen) atoms. The van der Waals surface area contributed by atoms with Crippen LogP contribution >= 0.6 is 0 Å². The second-order valence-electron chi connectivity index (χ2n) is 6.06. The summed E-state index contributed by atoms with van der Waals surface area (Å²) in [6, 6.07) is 0.467. The van der Waals surface area contributed by atoms with Crippen LogP contribution in [0.4, 0.5) is 0 Å². The van der Waals surface area contributed by atoms with Crippen molar-refractivity contribution in [2.45, 2.75) is 59.8 Å². The average Bonchev–Trinajstić information content (AvgIpc) is 2.36. The maximum absolute atomic E-state index is 4.19. The summed E-state index contributed by atoms with van der Waals surface area (Å²) in [7, 11) is 4.47. The van der Waals surface area contributed by atoms with E-state index in [1.165, 1.54) is 23.9 Å². The van der Waals surface area contributed by atoms with E-state index < -0.39 is 0 Å². The van der Waals surface area contributed by atoms with Crippen LogP contribution in [0.3, 0.4) is 0 Å². The molecule has 0 aromatic heterocycles. The van der Waals surface area contributed by atoms with Gasteiger partial charge in [0.2, 0.25) is 0 Å². The number of allylic oxidation sites excluding steroid dienone is 1. The molecule has 0 saturated heterocycles. The summed E-state index contributed by atoms with van der Waals surface area (Å²) in [5, 5.41) is 0. The molecule has 0 aromatic rings. The number of hydrogen-bond donors (Lipinski definition) is 0. The lowest BCUT2D eigenvalue weighted by atomic mass is 9.62. The number of hydrogen-bond acceptors (Lipinski definition) is 1. The highest BCUT2D eigenvalue weighted by Crippen LogP contribution is 2.22. The molecule has 0 bridgehead atoms. The molecule has 0 fully saturated rings. The highest BCUT2D eigenvalue weighted by Gasteiger charge is 2.18. The van der Waals surface area contributed by atoms with Crippen LogP contribution in [0.15, 0.2) is 24.2 Å². The van der Waals surface area contributed by atoms with E-state index in [0.717, 1.165) is 18.8 Å². The monoisotopic (exact) mass is 262 g/mol. The van der Waals surface area contributed by atoms with Gasteiger partial charge in [0.15, 0.2) is 0 Å². The van der Waals surface area contributed by atoms with Gasteiger partial charge in [-0.15, -0.1) is 12.1 Å². The minimum atomic E-state index is 0.467. The fourth-order valence-corrected chi connectivity index (χ4v) is 2.43. The zero-order valence-electron chi connectivity index (χ0n) is 14.0. The number of nitrogens with zero attached hydrogens (tertiary/aromatic N) is 1. The van der Waals surface area contributed by atoms with Crippen molar-refractivity contribution in [1.82, 2.24) is 4.90 Å². The Morgan fingerprint density at radius 3 is 2.21 bits per heavy atom. The molecule has 0 aliphatic heterocycles. The second kappa shape index (κ2) is 9.42. The standard InChI is InChI=1S/C17H33BN/c1-9-17(11-14(5)15(6)18-10-2)12-19(8)16(7)13(3)4/h14,16-17H,3,6,9-12H2,1-2,4-5,7-8H3. The Labute approximate surface area is 122 Å². The zero-order valence-corrected chi connectivity index (χ0v) is 14.0. The van der Waals surface area contributed by atoms with Crippen LogP contribution < -0.4 is 0 Å². The molecule has 3 unspecified atom stereocenters. The van der Waals surface area contributed by atoms with Crippen LogP contribution in [-0.4, -0.2) is 31.8 Å². The van der Waals surface area contributed by atoms with Crippen molar-refractivity contribution in [3.63, 3.8) is 0 Å². The summed E-state index contributed by atoms with van der Waals surface area (Å²) < 4.78 is 0. The van der Waals surface area contributed by atoms with E-state index in [4.69, 9.17) is 0 Å². The Balaban J connectivity index is 4.35. The van der Waals surface area contributed by atoms with Crippen LogP contribution in [0.25, 0.3) is 0 Å². The molecule has 0 rings (SSSR count). The van der Waals surface area contributed by atoms with E-state index in [2.05, 4.69) is 67.0 Å². The molecule has 1 radical (unpaired) electrons. The van der Waals surface area contributed by atoms with Crippen molar-refractivity contribution < 1.29 is 0 Å². The normalized spacial score (nSPS) is 15.9. The summed E-state index contributed by atoms with van der Waals surface area (Å²) in [4.78, 5) is 2.43. The van der Waals surface area contributed by atoms with Gasteiger partial charge in [-0.05, 0) is 39.2 Å². The second-order valence-corrected chi connectivity index (χ2v) is 6.06. The highest BCUT2D eigenvalue weighted by atomic mass is 15.1. The smallest absolute Gasteiger partial charge is 0.145 e. The molecule has 0 amide bonds. The van der Waals surface area contributed by atoms with Crippen molar-refractivity contribution >= 4 is 7.28 Å². The van der Waals surface area contributed by atoms with Crippen LogP contribution in [0.2, 0.25) is 6.32 Å². The van der Waals surface area contributed by atoms with Gasteiger partial charge in [-0.25, -0.2) is 0 Å². The van der Waals surface area contributed by atoms with Gasteiger partial charge < -0.3 is 0 Å². The van der Waals surface area contributed by atoms with Gasteiger partial charge in [0, 0.05) is 12.6 Å². The zero-order chi connectivity index (χ0) is 15.0. The van der Waals surface area contributed by atoms with E-state index >= 15 is 0 Å². The molecule has 0 aliphatic rings. The molecular formula is C17H33BN. The minimum absolute atomic E-state index is 0.467. The van der Waals surface area contributed by atoms with Crippen molar-refractivity contribution in [3.05, 3.63) is 24.2 Å². The minimum Gasteiger partial charge on any atom is -0.300 e. The summed E-state index contributed by atoms with van der Waals surface area (Å²) in [6.45, 7) is 20.5. The summed E-state index contributed by atoms with van der Waals surface area (Å²) in [6.07, 6.45) is 3.56. The fraction of sp³-hybridized carbons (Fsp3) is 0.765. The quantitative estimate of drug-likeness (QED) is 0.411. The van der Waals surface area contributed by atoms with E-state index in [1.807, 2.05) is 0 Å². The Hall–Kier alpha value is -0.495. The predicted octanol–water partition coefficient (Wildman–Crippen LogP) is 4.59. The molecule has 109 valence electrons. The number of likely N-dealkylation sites (N-methyl/N-ethyl adjacent to an activating group) is 1. The molecule has 3 atom stereocenters. The fourth-order valence-electron chi connectivity index (χ4n) is 2.43. The highest BCUT2D eigenvalue weighted by molar-refractivity contribution is 6.45. The first-order valence-electron chi connectivity index (χ1n) is 7.70. The summed E-state index contributed by atoms with van der Waals surface area (Å²) >= 11 is 0. The molecule has 2 heteroatoms. The Bertz CT molecular complexity index is 285. The topological polar surface area (TPSA) is 3.24 Å². The Morgan fingerprint density at radius 2 is 1.79 bits per heavy atom. The molecular weight excluding hydrogens is 229 g/mol. The van der Waals surface area contributed by atoms with Gasteiger partial charge >= 0.3 is 0 Å². The van der Waals surface area contributed by atoms with E-state index in [0.29, 0.717) is 12.0 Å². The molecule has 1 nitrogen and oxygen atoms in total. The van der Waals surface area contributed by atoms with Gasteiger partial charge in [-0.2, -0.15) is 0 Å². The maximum Gasteiger partial charge on any atom is 0.145 e. The van der Waals surface area contributed by atoms with E-state index in [9.17, 15) is 0 Å². The third kappa shape index (κ3) is 7.01. The first-order chi connectivity index (χ1) is 8.83. The maximum atomic E-state index is 4.19. The van der Waals surface area contributed by atoms with Crippen molar-refractivity contribution in [2.24, 2.45) is 11.8 Å². The third-order valence-electron chi connectivity index (χ3n) is 4.28. The SMILES string of the molecule is C=C([B]CC)C(C)CC(CC)CN(C)C(C)C(=C)C. The predicted molar refractivity (Wildman–Crippen MR) is 89.8 cm³/mol. The largest absolute Gasteiger partial charge is 0.300 e. The average molecular weight is 262 g/mol. The molecule has 0 spiro atoms. The third-order valence-corrected chi connectivity index (χ3v) is 4.28. The van der Waals surface area contributed by atoms with Crippen LogP contribution in [0.5, 0.6) is 0 Å². The number of rotatable bonds is 10. The molecule has 0 aromatic carbocycles. The molecule has 0 aliphatic carbocycles. The summed E-state index contributed by atoms with van der Waals surface area (Å²) in [5.41, 5.74) is 2.55. The molecule has 0 N–H and O–H groups in total. The van der Waals surface area contributed by atoms with E-state index in [1.54, 1.807) is 0 Å². The van der Waals surface area contributed by atoms with Gasteiger partial charge in [0.1, 0.15) is 7.28 Å². The first-order valence-corrected chi connectivity index (χ1v) is 7.70. The van der Waals surface area contributed by atoms with Crippen molar-refractivity contribution in [1.29, 1.82) is 0 Å². The Morgan fingerprint density at radius 1 is 1.21 bits per heavy atom. The van der Waals surface area contributed by atoms with Gasteiger partial charge in [-0.3, -0.25) is 4.90 Å². The lowest BCUT2D eigenvalue weighted by Gasteiger charge is -2.30. The first kappa shape index (κ1) is 18.5. The lowest BCUT2D eigenvalue weighted by molar-refractivity contribution is 0.221. The summed E-state index contributed by atoms with van der Waals surface area (Å²) in [5.74, 6) is 1.34. The van der Waals surface area contributed by atoms with Crippen LogP contribution in [0.1, 0.15) is 47.5 Å². The van der Waals surface area contributed by atoms with E-state index in [-0.39, 0.29) is 0 Å². The van der Waals surface area contributed by atoms with Gasteiger partial charge in [0.25, 0.3) is 0 Å². The van der Waals surface area contributed by atoms with Gasteiger partial charge in [-0.1, -0.05) is 45.7 Å². The van der Waals surface area contributed by atoms with Crippen molar-refractivity contribution in [3.8, 4) is 0 Å².